The second-order valence-corrected chi connectivity index (χ2v) is 4.92. The standard InChI is InChI=1S/C15H19NO3/c1-3-19-15(18)13-10-16(2)9-12(13)14(17)11-7-5-4-6-8-11/h4-8,12-13H,3,9-10H2,1-2H3. The average Bonchev–Trinajstić information content (AvgIpc) is 2.81. The Morgan fingerprint density at radius 2 is 1.84 bits per heavy atom. The molecule has 2 atom stereocenters. The van der Waals surface area contributed by atoms with Gasteiger partial charge in [-0.3, -0.25) is 9.59 Å². The molecular formula is C15H19NO3. The van der Waals surface area contributed by atoms with Crippen LogP contribution < -0.4 is 0 Å². The van der Waals surface area contributed by atoms with Gasteiger partial charge < -0.3 is 9.64 Å². The van der Waals surface area contributed by atoms with E-state index in [1.54, 1.807) is 19.1 Å². The molecule has 1 aliphatic heterocycles. The van der Waals surface area contributed by atoms with Crippen LogP contribution in [0.2, 0.25) is 0 Å². The smallest absolute Gasteiger partial charge is 0.311 e. The molecule has 0 radical (unpaired) electrons. The van der Waals surface area contributed by atoms with Gasteiger partial charge in [0.25, 0.3) is 0 Å². The van der Waals surface area contributed by atoms with E-state index in [1.807, 2.05) is 30.1 Å². The molecule has 1 fully saturated rings. The minimum atomic E-state index is -0.349. The Labute approximate surface area is 113 Å². The van der Waals surface area contributed by atoms with Crippen molar-refractivity contribution in [3.8, 4) is 0 Å². The van der Waals surface area contributed by atoms with Crippen LogP contribution in [0.25, 0.3) is 0 Å². The lowest BCUT2D eigenvalue weighted by atomic mass is 9.88. The van der Waals surface area contributed by atoms with E-state index < -0.39 is 0 Å². The number of hydrogen-bond donors (Lipinski definition) is 0. The van der Waals surface area contributed by atoms with Gasteiger partial charge in [0.05, 0.1) is 12.5 Å². The molecule has 0 bridgehead atoms. The Morgan fingerprint density at radius 1 is 1.21 bits per heavy atom. The highest BCUT2D eigenvalue weighted by molar-refractivity contribution is 6.00. The monoisotopic (exact) mass is 261 g/mol. The van der Waals surface area contributed by atoms with Crippen LogP contribution in [-0.2, 0) is 9.53 Å². The van der Waals surface area contributed by atoms with Crippen LogP contribution in [0.15, 0.2) is 30.3 Å². The minimum absolute atomic E-state index is 0.0306. The third-order valence-electron chi connectivity index (χ3n) is 3.49. The van der Waals surface area contributed by atoms with E-state index >= 15 is 0 Å². The molecule has 1 aromatic rings. The van der Waals surface area contributed by atoms with Crippen LogP contribution in [0.4, 0.5) is 0 Å². The number of likely N-dealkylation sites (tertiary alicyclic amines) is 1. The number of nitrogens with zero attached hydrogens (tertiary/aromatic N) is 1. The van der Waals surface area contributed by atoms with Crippen LogP contribution in [0, 0.1) is 11.8 Å². The zero-order valence-corrected chi connectivity index (χ0v) is 11.3. The zero-order chi connectivity index (χ0) is 13.8. The number of hydrogen-bond acceptors (Lipinski definition) is 4. The van der Waals surface area contributed by atoms with Gasteiger partial charge >= 0.3 is 5.97 Å². The molecule has 2 rings (SSSR count). The third kappa shape index (κ3) is 3.01. The Hall–Kier alpha value is -1.68. The van der Waals surface area contributed by atoms with E-state index in [4.69, 9.17) is 4.74 Å². The predicted molar refractivity (Wildman–Crippen MR) is 71.9 cm³/mol. The number of benzene rings is 1. The average molecular weight is 261 g/mol. The topological polar surface area (TPSA) is 46.6 Å². The molecule has 2 unspecified atom stereocenters. The lowest BCUT2D eigenvalue weighted by Crippen LogP contribution is -2.30. The highest BCUT2D eigenvalue weighted by Crippen LogP contribution is 2.27. The molecule has 0 spiro atoms. The fourth-order valence-corrected chi connectivity index (χ4v) is 2.57. The summed E-state index contributed by atoms with van der Waals surface area (Å²) in [5.74, 6) is -0.881. The fourth-order valence-electron chi connectivity index (χ4n) is 2.57. The van der Waals surface area contributed by atoms with Gasteiger partial charge in [-0.2, -0.15) is 0 Å². The lowest BCUT2D eigenvalue weighted by molar-refractivity contribution is -0.148. The van der Waals surface area contributed by atoms with Crippen LogP contribution >= 0.6 is 0 Å². The summed E-state index contributed by atoms with van der Waals surface area (Å²) in [5, 5.41) is 0. The van der Waals surface area contributed by atoms with Crippen LogP contribution in [0.5, 0.6) is 0 Å². The highest BCUT2D eigenvalue weighted by Gasteiger charge is 2.41. The summed E-state index contributed by atoms with van der Waals surface area (Å²) < 4.78 is 5.07. The molecule has 1 saturated heterocycles. The zero-order valence-electron chi connectivity index (χ0n) is 11.3. The Morgan fingerprint density at radius 3 is 2.47 bits per heavy atom. The summed E-state index contributed by atoms with van der Waals surface area (Å²) in [5.41, 5.74) is 0.664. The van der Waals surface area contributed by atoms with Crippen LogP contribution in [0.3, 0.4) is 0 Å². The molecule has 1 aromatic carbocycles. The first-order valence-corrected chi connectivity index (χ1v) is 6.58. The molecule has 1 heterocycles. The van der Waals surface area contributed by atoms with E-state index in [0.717, 1.165) is 0 Å². The molecule has 0 aromatic heterocycles. The Kier molecular flexibility index (Phi) is 4.32. The van der Waals surface area contributed by atoms with Gasteiger partial charge in [0.2, 0.25) is 0 Å². The molecule has 0 amide bonds. The number of rotatable bonds is 4. The number of ether oxygens (including phenoxy) is 1. The lowest BCUT2D eigenvalue weighted by Gasteiger charge is -2.15. The minimum Gasteiger partial charge on any atom is -0.466 e. The summed E-state index contributed by atoms with van der Waals surface area (Å²) in [6.45, 7) is 3.33. The molecule has 102 valence electrons. The van der Waals surface area contributed by atoms with E-state index in [1.165, 1.54) is 0 Å². The molecular weight excluding hydrogens is 242 g/mol. The molecule has 4 nitrogen and oxygen atoms in total. The molecule has 0 aliphatic carbocycles. The van der Waals surface area contributed by atoms with Gasteiger partial charge in [0, 0.05) is 24.6 Å². The van der Waals surface area contributed by atoms with Crippen LogP contribution in [0.1, 0.15) is 17.3 Å². The van der Waals surface area contributed by atoms with E-state index in [2.05, 4.69) is 0 Å². The third-order valence-corrected chi connectivity index (χ3v) is 3.49. The van der Waals surface area contributed by atoms with Crippen molar-refractivity contribution in [2.45, 2.75) is 6.92 Å². The maximum Gasteiger partial charge on any atom is 0.311 e. The summed E-state index contributed by atoms with van der Waals surface area (Å²) in [7, 11) is 1.92. The van der Waals surface area contributed by atoms with Crippen molar-refractivity contribution in [2.24, 2.45) is 11.8 Å². The van der Waals surface area contributed by atoms with E-state index in [0.29, 0.717) is 25.3 Å². The van der Waals surface area contributed by atoms with Crippen LogP contribution in [-0.4, -0.2) is 43.4 Å². The SMILES string of the molecule is CCOC(=O)C1CN(C)CC1C(=O)c1ccccc1. The van der Waals surface area contributed by atoms with Gasteiger partial charge in [-0.1, -0.05) is 30.3 Å². The molecule has 19 heavy (non-hydrogen) atoms. The van der Waals surface area contributed by atoms with Crippen molar-refractivity contribution in [2.75, 3.05) is 26.7 Å². The van der Waals surface area contributed by atoms with Gasteiger partial charge in [0.15, 0.2) is 5.78 Å². The molecule has 0 N–H and O–H groups in total. The number of carbonyl (C=O) groups is 2. The maximum atomic E-state index is 12.5. The number of Topliss-reactive ketones (excluding diaryl/α,β-unsaturated/α-hetero) is 1. The van der Waals surface area contributed by atoms with Gasteiger partial charge in [0.1, 0.15) is 0 Å². The first-order chi connectivity index (χ1) is 9.13. The molecule has 4 heteroatoms. The van der Waals surface area contributed by atoms with Crippen molar-refractivity contribution < 1.29 is 14.3 Å². The second-order valence-electron chi connectivity index (χ2n) is 4.92. The maximum absolute atomic E-state index is 12.5. The van der Waals surface area contributed by atoms with E-state index in [9.17, 15) is 9.59 Å². The Balaban J connectivity index is 2.17. The van der Waals surface area contributed by atoms with Gasteiger partial charge in [-0.25, -0.2) is 0 Å². The van der Waals surface area contributed by atoms with Crippen molar-refractivity contribution in [1.29, 1.82) is 0 Å². The summed E-state index contributed by atoms with van der Waals surface area (Å²) in [6, 6.07) is 9.14. The highest BCUT2D eigenvalue weighted by atomic mass is 16.5. The number of esters is 1. The summed E-state index contributed by atoms with van der Waals surface area (Å²) >= 11 is 0. The molecule has 1 aliphatic rings. The summed E-state index contributed by atoms with van der Waals surface area (Å²) in [6.07, 6.45) is 0. The van der Waals surface area contributed by atoms with Crippen molar-refractivity contribution in [3.63, 3.8) is 0 Å². The quantitative estimate of drug-likeness (QED) is 0.610. The number of ketones is 1. The van der Waals surface area contributed by atoms with Gasteiger partial charge in [-0.05, 0) is 14.0 Å². The Bertz CT molecular complexity index is 458. The second kappa shape index (κ2) is 5.97. The van der Waals surface area contributed by atoms with Gasteiger partial charge in [-0.15, -0.1) is 0 Å². The van der Waals surface area contributed by atoms with Crippen molar-refractivity contribution in [3.05, 3.63) is 35.9 Å². The fraction of sp³-hybridized carbons (Fsp3) is 0.467. The summed E-state index contributed by atoms with van der Waals surface area (Å²) in [4.78, 5) is 26.4. The van der Waals surface area contributed by atoms with Crippen molar-refractivity contribution in [1.82, 2.24) is 4.90 Å². The molecule has 0 saturated carbocycles. The first kappa shape index (κ1) is 13.7. The van der Waals surface area contributed by atoms with E-state index in [-0.39, 0.29) is 23.6 Å². The predicted octanol–water partition coefficient (Wildman–Crippen LogP) is 1.61. The largest absolute Gasteiger partial charge is 0.466 e. The first-order valence-electron chi connectivity index (χ1n) is 6.58. The normalized spacial score (nSPS) is 23.3. The van der Waals surface area contributed by atoms with Crippen molar-refractivity contribution >= 4 is 11.8 Å². The number of carbonyl (C=O) groups excluding carboxylic acids is 2.